The molecule has 1 heterocycles. The van der Waals surface area contributed by atoms with Crippen molar-refractivity contribution in [1.29, 1.82) is 0 Å². The SMILES string of the molecule is O=C(N1CCCC1CS(=O)(=O)Cl)C(F)(F)F. The van der Waals surface area contributed by atoms with Gasteiger partial charge < -0.3 is 4.90 Å². The van der Waals surface area contributed by atoms with Crippen LogP contribution in [0.5, 0.6) is 0 Å². The molecule has 0 aromatic carbocycles. The maximum Gasteiger partial charge on any atom is 0.471 e. The van der Waals surface area contributed by atoms with Gasteiger partial charge in [0, 0.05) is 23.3 Å². The maximum absolute atomic E-state index is 12.1. The minimum absolute atomic E-state index is 0.0879. The Morgan fingerprint density at radius 2 is 2.00 bits per heavy atom. The highest BCUT2D eigenvalue weighted by molar-refractivity contribution is 8.13. The highest BCUT2D eigenvalue weighted by atomic mass is 35.7. The Balaban J connectivity index is 2.78. The average molecular weight is 280 g/mol. The van der Waals surface area contributed by atoms with Crippen LogP contribution in [0.3, 0.4) is 0 Å². The lowest BCUT2D eigenvalue weighted by atomic mass is 10.2. The molecule has 0 radical (unpaired) electrons. The van der Waals surface area contributed by atoms with E-state index in [4.69, 9.17) is 10.7 Å². The van der Waals surface area contributed by atoms with Crippen LogP contribution < -0.4 is 0 Å². The third kappa shape index (κ3) is 3.51. The average Bonchev–Trinajstić information content (AvgIpc) is 2.46. The molecule has 1 saturated heterocycles. The van der Waals surface area contributed by atoms with Gasteiger partial charge in [-0.3, -0.25) is 4.79 Å². The van der Waals surface area contributed by atoms with Gasteiger partial charge in [0.05, 0.1) is 5.75 Å². The summed E-state index contributed by atoms with van der Waals surface area (Å²) in [4.78, 5) is 11.5. The second-order valence-electron chi connectivity index (χ2n) is 3.50. The van der Waals surface area contributed by atoms with E-state index in [9.17, 15) is 26.4 Å². The van der Waals surface area contributed by atoms with Crippen molar-refractivity contribution >= 4 is 25.6 Å². The third-order valence-corrected chi connectivity index (χ3v) is 3.43. The Kier molecular flexibility index (Phi) is 3.73. The topological polar surface area (TPSA) is 54.5 Å². The highest BCUT2D eigenvalue weighted by Crippen LogP contribution is 2.26. The van der Waals surface area contributed by atoms with Crippen molar-refractivity contribution in [2.75, 3.05) is 12.3 Å². The van der Waals surface area contributed by atoms with E-state index in [1.165, 1.54) is 0 Å². The van der Waals surface area contributed by atoms with Crippen molar-refractivity contribution in [2.45, 2.75) is 25.1 Å². The zero-order valence-corrected chi connectivity index (χ0v) is 9.57. The molecular formula is C7H9ClF3NO3S. The highest BCUT2D eigenvalue weighted by Gasteiger charge is 2.46. The van der Waals surface area contributed by atoms with E-state index in [1.54, 1.807) is 0 Å². The first-order valence-corrected chi connectivity index (χ1v) is 6.89. The number of carbonyl (C=O) groups excluding carboxylic acids is 1. The Labute approximate surface area is 94.8 Å². The van der Waals surface area contributed by atoms with Crippen molar-refractivity contribution in [3.63, 3.8) is 0 Å². The van der Waals surface area contributed by atoms with Gasteiger partial charge in [0.1, 0.15) is 0 Å². The lowest BCUT2D eigenvalue weighted by Gasteiger charge is -2.24. The summed E-state index contributed by atoms with van der Waals surface area (Å²) in [6, 6.07) is -0.975. The number of hydrogen-bond donors (Lipinski definition) is 0. The fourth-order valence-corrected chi connectivity index (χ4v) is 2.91. The van der Waals surface area contributed by atoms with Crippen molar-refractivity contribution in [1.82, 2.24) is 4.90 Å². The molecule has 1 atom stereocenters. The van der Waals surface area contributed by atoms with Crippen LogP contribution in [-0.4, -0.2) is 43.7 Å². The molecule has 0 bridgehead atoms. The van der Waals surface area contributed by atoms with Crippen LogP contribution in [0.4, 0.5) is 13.2 Å². The number of alkyl halides is 3. The van der Waals surface area contributed by atoms with E-state index in [1.807, 2.05) is 0 Å². The normalized spacial score (nSPS) is 22.5. The zero-order valence-electron chi connectivity index (χ0n) is 8.00. The van der Waals surface area contributed by atoms with Crippen molar-refractivity contribution in [3.05, 3.63) is 0 Å². The number of rotatable bonds is 2. The number of hydrogen-bond acceptors (Lipinski definition) is 3. The minimum Gasteiger partial charge on any atom is -0.331 e. The predicted octanol–water partition coefficient (Wildman–Crippen LogP) is 1.11. The van der Waals surface area contributed by atoms with Gasteiger partial charge in [-0.1, -0.05) is 0 Å². The van der Waals surface area contributed by atoms with E-state index in [-0.39, 0.29) is 13.0 Å². The number of likely N-dealkylation sites (tertiary alicyclic amines) is 1. The number of amides is 1. The molecule has 1 rings (SSSR count). The van der Waals surface area contributed by atoms with Crippen LogP contribution in [0.1, 0.15) is 12.8 Å². The zero-order chi connectivity index (χ0) is 12.6. The van der Waals surface area contributed by atoms with E-state index in [0.29, 0.717) is 11.3 Å². The Bertz CT molecular complexity index is 381. The summed E-state index contributed by atoms with van der Waals surface area (Å²) in [6.07, 6.45) is -4.41. The molecule has 1 unspecified atom stereocenters. The summed E-state index contributed by atoms with van der Waals surface area (Å²) in [5, 5.41) is 0. The van der Waals surface area contributed by atoms with E-state index < -0.39 is 32.9 Å². The predicted molar refractivity (Wildman–Crippen MR) is 50.4 cm³/mol. The first-order valence-electron chi connectivity index (χ1n) is 4.41. The van der Waals surface area contributed by atoms with Crippen LogP contribution in [-0.2, 0) is 13.8 Å². The first kappa shape index (κ1) is 13.6. The maximum atomic E-state index is 12.1. The van der Waals surface area contributed by atoms with Crippen LogP contribution >= 0.6 is 10.7 Å². The van der Waals surface area contributed by atoms with E-state index in [0.717, 1.165) is 0 Å². The van der Waals surface area contributed by atoms with Crippen LogP contribution in [0.25, 0.3) is 0 Å². The van der Waals surface area contributed by atoms with Gasteiger partial charge in [0.15, 0.2) is 0 Å². The molecule has 0 aromatic heterocycles. The summed E-state index contributed by atoms with van der Waals surface area (Å²) in [7, 11) is 1.04. The molecule has 0 aromatic rings. The molecule has 9 heteroatoms. The summed E-state index contributed by atoms with van der Waals surface area (Å²) in [5.74, 6) is -2.65. The molecule has 0 N–H and O–H groups in total. The van der Waals surface area contributed by atoms with E-state index in [2.05, 4.69) is 0 Å². The summed E-state index contributed by atoms with van der Waals surface area (Å²) >= 11 is 0. The van der Waals surface area contributed by atoms with Crippen molar-refractivity contribution in [3.8, 4) is 0 Å². The number of nitrogens with zero attached hydrogens (tertiary/aromatic N) is 1. The number of halogens is 4. The molecule has 1 amide bonds. The lowest BCUT2D eigenvalue weighted by molar-refractivity contribution is -0.185. The quantitative estimate of drug-likeness (QED) is 0.712. The Morgan fingerprint density at radius 1 is 1.44 bits per heavy atom. The first-order chi connectivity index (χ1) is 7.11. The molecule has 16 heavy (non-hydrogen) atoms. The van der Waals surface area contributed by atoms with Crippen molar-refractivity contribution < 1.29 is 26.4 Å². The van der Waals surface area contributed by atoms with Crippen molar-refractivity contribution in [2.24, 2.45) is 0 Å². The molecule has 4 nitrogen and oxygen atoms in total. The molecule has 94 valence electrons. The van der Waals surface area contributed by atoms with Gasteiger partial charge in [0.25, 0.3) is 0 Å². The monoisotopic (exact) mass is 279 g/mol. The molecule has 1 aliphatic rings. The fourth-order valence-electron chi connectivity index (χ4n) is 1.67. The molecule has 0 spiro atoms. The molecule has 1 aliphatic heterocycles. The van der Waals surface area contributed by atoms with Gasteiger partial charge >= 0.3 is 12.1 Å². The fraction of sp³-hybridized carbons (Fsp3) is 0.857. The Hall–Kier alpha value is -0.500. The van der Waals surface area contributed by atoms with E-state index >= 15 is 0 Å². The number of carbonyl (C=O) groups is 1. The second kappa shape index (κ2) is 4.40. The van der Waals surface area contributed by atoms with Gasteiger partial charge in [-0.15, -0.1) is 0 Å². The summed E-state index contributed by atoms with van der Waals surface area (Å²) in [5.41, 5.74) is 0. The lowest BCUT2D eigenvalue weighted by Crippen LogP contribution is -2.45. The van der Waals surface area contributed by atoms with Crippen LogP contribution in [0.2, 0.25) is 0 Å². The molecule has 1 fully saturated rings. The molecule has 0 aliphatic carbocycles. The second-order valence-corrected chi connectivity index (χ2v) is 6.32. The van der Waals surface area contributed by atoms with Crippen LogP contribution in [0, 0.1) is 0 Å². The minimum atomic E-state index is -4.97. The smallest absolute Gasteiger partial charge is 0.331 e. The third-order valence-electron chi connectivity index (χ3n) is 2.27. The largest absolute Gasteiger partial charge is 0.471 e. The van der Waals surface area contributed by atoms with Gasteiger partial charge in [0.2, 0.25) is 9.05 Å². The van der Waals surface area contributed by atoms with Gasteiger partial charge in [-0.25, -0.2) is 8.42 Å². The molecular weight excluding hydrogens is 271 g/mol. The van der Waals surface area contributed by atoms with Crippen LogP contribution in [0.15, 0.2) is 0 Å². The Morgan fingerprint density at radius 3 is 2.44 bits per heavy atom. The van der Waals surface area contributed by atoms with Gasteiger partial charge in [-0.05, 0) is 12.8 Å². The summed E-state index contributed by atoms with van der Waals surface area (Å²) < 4.78 is 57.9. The van der Waals surface area contributed by atoms with Gasteiger partial charge in [-0.2, -0.15) is 13.2 Å². The molecule has 0 saturated carbocycles. The summed E-state index contributed by atoms with van der Waals surface area (Å²) in [6.45, 7) is -0.0879. The standard InChI is InChI=1S/C7H9ClF3NO3S/c8-16(14,15)4-5-2-1-3-12(5)6(13)7(9,10)11/h5H,1-4H2.